The molecule has 8 nitrogen and oxygen atoms in total. The molecule has 0 atom stereocenters. The van der Waals surface area contributed by atoms with Gasteiger partial charge < -0.3 is 11.1 Å². The number of nitrogen functional groups attached to an aromatic ring is 1. The maximum absolute atomic E-state index is 11.7. The molecule has 90 valence electrons. The van der Waals surface area contributed by atoms with Crippen LogP contribution in [0, 0.1) is 13.8 Å². The van der Waals surface area contributed by atoms with Crippen LogP contribution in [0.2, 0.25) is 0 Å². The normalized spacial score (nSPS) is 10.5. The lowest BCUT2D eigenvalue weighted by Crippen LogP contribution is -2.19. The van der Waals surface area contributed by atoms with Gasteiger partial charge in [-0.2, -0.15) is 5.10 Å². The zero-order valence-electron chi connectivity index (χ0n) is 9.56. The Morgan fingerprint density at radius 1 is 1.59 bits per heavy atom. The number of H-pyrrole nitrogens is 1. The fraction of sp³-hybridized carbons (Fsp3) is 0.333. The molecule has 0 saturated carbocycles. The average Bonchev–Trinajstić information content (AvgIpc) is 2.79. The predicted molar refractivity (Wildman–Crippen MR) is 61.1 cm³/mol. The van der Waals surface area contributed by atoms with Gasteiger partial charge in [0.05, 0.1) is 23.3 Å². The maximum Gasteiger partial charge on any atom is 0.246 e. The van der Waals surface area contributed by atoms with Crippen molar-refractivity contribution < 1.29 is 4.79 Å². The van der Waals surface area contributed by atoms with Gasteiger partial charge in [0.15, 0.2) is 5.82 Å². The number of aryl methyl sites for hydroxylation is 2. The molecular weight excluding hydrogens is 222 g/mol. The highest BCUT2D eigenvalue weighted by Crippen LogP contribution is 2.15. The molecule has 4 N–H and O–H groups in total. The van der Waals surface area contributed by atoms with Gasteiger partial charge in [0.25, 0.3) is 0 Å². The van der Waals surface area contributed by atoms with Crippen LogP contribution in [-0.2, 0) is 11.3 Å². The van der Waals surface area contributed by atoms with E-state index in [0.717, 1.165) is 11.4 Å². The summed E-state index contributed by atoms with van der Waals surface area (Å²) in [5.74, 6) is 0.0796. The van der Waals surface area contributed by atoms with Gasteiger partial charge in [0.2, 0.25) is 5.91 Å². The smallest absolute Gasteiger partial charge is 0.246 e. The number of nitrogens with two attached hydrogens (primary N) is 1. The van der Waals surface area contributed by atoms with Crippen LogP contribution >= 0.6 is 0 Å². The Morgan fingerprint density at radius 2 is 2.35 bits per heavy atom. The first kappa shape index (κ1) is 11.1. The average molecular weight is 235 g/mol. The minimum atomic E-state index is -0.206. The second kappa shape index (κ2) is 4.24. The number of amides is 1. The Labute approximate surface area is 97.2 Å². The van der Waals surface area contributed by atoms with E-state index in [-0.39, 0.29) is 18.3 Å². The van der Waals surface area contributed by atoms with Crippen LogP contribution in [-0.4, -0.2) is 31.1 Å². The molecule has 8 heteroatoms. The number of hydrogen-bond acceptors (Lipinski definition) is 5. The van der Waals surface area contributed by atoms with E-state index in [1.54, 1.807) is 0 Å². The van der Waals surface area contributed by atoms with E-state index in [2.05, 4.69) is 25.8 Å². The van der Waals surface area contributed by atoms with Gasteiger partial charge in [-0.1, -0.05) is 5.21 Å². The van der Waals surface area contributed by atoms with Crippen molar-refractivity contribution in [3.05, 3.63) is 17.6 Å². The zero-order chi connectivity index (χ0) is 12.4. The summed E-state index contributed by atoms with van der Waals surface area (Å²) in [6, 6.07) is 0. The van der Waals surface area contributed by atoms with Crippen molar-refractivity contribution >= 4 is 17.4 Å². The first-order valence-corrected chi connectivity index (χ1v) is 5.03. The van der Waals surface area contributed by atoms with Crippen molar-refractivity contribution in [2.24, 2.45) is 0 Å². The summed E-state index contributed by atoms with van der Waals surface area (Å²) in [5, 5.41) is 16.8. The van der Waals surface area contributed by atoms with Crippen LogP contribution in [0.4, 0.5) is 11.5 Å². The minimum absolute atomic E-state index is 0.0637. The van der Waals surface area contributed by atoms with Gasteiger partial charge in [0.1, 0.15) is 6.54 Å². The SMILES string of the molecule is Cc1n[nH]c(C)c1NC(=O)Cn1cc(N)nn1. The molecule has 1 amide bonds. The molecule has 0 aliphatic carbocycles. The number of nitrogens with one attached hydrogen (secondary N) is 2. The number of anilines is 2. The molecule has 0 fully saturated rings. The van der Waals surface area contributed by atoms with Gasteiger partial charge in [-0.25, -0.2) is 4.68 Å². The molecule has 0 unspecified atom stereocenters. The van der Waals surface area contributed by atoms with Crippen molar-refractivity contribution in [1.82, 2.24) is 25.2 Å². The van der Waals surface area contributed by atoms with Crippen LogP contribution in [0.5, 0.6) is 0 Å². The van der Waals surface area contributed by atoms with E-state index in [9.17, 15) is 4.79 Å². The van der Waals surface area contributed by atoms with E-state index < -0.39 is 0 Å². The number of carbonyl (C=O) groups is 1. The van der Waals surface area contributed by atoms with E-state index in [1.165, 1.54) is 10.9 Å². The van der Waals surface area contributed by atoms with E-state index >= 15 is 0 Å². The highest BCUT2D eigenvalue weighted by molar-refractivity contribution is 5.91. The Kier molecular flexibility index (Phi) is 2.77. The first-order valence-electron chi connectivity index (χ1n) is 5.03. The first-order chi connectivity index (χ1) is 8.06. The lowest BCUT2D eigenvalue weighted by Gasteiger charge is -2.04. The van der Waals surface area contributed by atoms with Crippen LogP contribution in [0.15, 0.2) is 6.20 Å². The zero-order valence-corrected chi connectivity index (χ0v) is 9.56. The molecule has 0 saturated heterocycles. The maximum atomic E-state index is 11.7. The molecule has 2 rings (SSSR count). The van der Waals surface area contributed by atoms with Gasteiger partial charge in [-0.3, -0.25) is 9.89 Å². The molecule has 0 bridgehead atoms. The number of rotatable bonds is 3. The second-order valence-corrected chi connectivity index (χ2v) is 3.70. The third kappa shape index (κ3) is 2.41. The Hall–Kier alpha value is -2.38. The Morgan fingerprint density at radius 3 is 2.88 bits per heavy atom. The van der Waals surface area contributed by atoms with Crippen molar-refractivity contribution in [2.75, 3.05) is 11.1 Å². The second-order valence-electron chi connectivity index (χ2n) is 3.70. The van der Waals surface area contributed by atoms with E-state index in [1.807, 2.05) is 13.8 Å². The topological polar surface area (TPSA) is 115 Å². The largest absolute Gasteiger partial charge is 0.381 e. The van der Waals surface area contributed by atoms with Gasteiger partial charge in [0, 0.05) is 0 Å². The lowest BCUT2D eigenvalue weighted by atomic mass is 10.3. The fourth-order valence-corrected chi connectivity index (χ4v) is 1.45. The van der Waals surface area contributed by atoms with Gasteiger partial charge in [-0.05, 0) is 13.8 Å². The van der Waals surface area contributed by atoms with Crippen LogP contribution < -0.4 is 11.1 Å². The number of carbonyl (C=O) groups excluding carboxylic acids is 1. The van der Waals surface area contributed by atoms with E-state index in [4.69, 9.17) is 5.73 Å². The van der Waals surface area contributed by atoms with Crippen molar-refractivity contribution in [1.29, 1.82) is 0 Å². The van der Waals surface area contributed by atoms with Gasteiger partial charge >= 0.3 is 0 Å². The summed E-state index contributed by atoms with van der Waals surface area (Å²) in [6.07, 6.45) is 1.49. The monoisotopic (exact) mass is 235 g/mol. The lowest BCUT2D eigenvalue weighted by molar-refractivity contribution is -0.116. The molecule has 2 aromatic heterocycles. The Bertz CT molecular complexity index is 522. The molecule has 0 aliphatic rings. The third-order valence-electron chi connectivity index (χ3n) is 2.25. The molecule has 17 heavy (non-hydrogen) atoms. The van der Waals surface area contributed by atoms with E-state index in [0.29, 0.717) is 5.69 Å². The summed E-state index contributed by atoms with van der Waals surface area (Å²) in [4.78, 5) is 11.7. The summed E-state index contributed by atoms with van der Waals surface area (Å²) < 4.78 is 1.37. The Balaban J connectivity index is 2.03. The quantitative estimate of drug-likeness (QED) is 0.683. The molecule has 0 radical (unpaired) electrons. The molecular formula is C9H13N7O. The molecule has 0 aromatic carbocycles. The summed E-state index contributed by atoms with van der Waals surface area (Å²) in [5.41, 5.74) is 7.65. The summed E-state index contributed by atoms with van der Waals surface area (Å²) >= 11 is 0. The van der Waals surface area contributed by atoms with Gasteiger partial charge in [-0.15, -0.1) is 5.10 Å². The number of aromatic nitrogens is 5. The van der Waals surface area contributed by atoms with Crippen LogP contribution in [0.1, 0.15) is 11.4 Å². The van der Waals surface area contributed by atoms with Crippen molar-refractivity contribution in [2.45, 2.75) is 20.4 Å². The summed E-state index contributed by atoms with van der Waals surface area (Å²) in [6.45, 7) is 3.71. The van der Waals surface area contributed by atoms with Crippen LogP contribution in [0.3, 0.4) is 0 Å². The van der Waals surface area contributed by atoms with Crippen molar-refractivity contribution in [3.8, 4) is 0 Å². The standard InChI is InChI=1S/C9H13N7O/c1-5-9(6(2)13-12-5)11-8(17)4-16-3-7(10)14-15-16/h3H,4,10H2,1-2H3,(H,11,17)(H,12,13). The highest BCUT2D eigenvalue weighted by Gasteiger charge is 2.11. The molecule has 0 spiro atoms. The number of hydrogen-bond donors (Lipinski definition) is 3. The predicted octanol–water partition coefficient (Wildman–Crippen LogP) is -0.161. The van der Waals surface area contributed by atoms with Crippen LogP contribution in [0.25, 0.3) is 0 Å². The van der Waals surface area contributed by atoms with Crippen molar-refractivity contribution in [3.63, 3.8) is 0 Å². The highest BCUT2D eigenvalue weighted by atomic mass is 16.2. The number of aromatic amines is 1. The molecule has 0 aliphatic heterocycles. The molecule has 2 aromatic rings. The summed E-state index contributed by atoms with van der Waals surface area (Å²) in [7, 11) is 0. The minimum Gasteiger partial charge on any atom is -0.381 e. The third-order valence-corrected chi connectivity index (χ3v) is 2.25. The number of nitrogens with zero attached hydrogens (tertiary/aromatic N) is 4. The fourth-order valence-electron chi connectivity index (χ4n) is 1.45. The molecule has 2 heterocycles.